The fourth-order valence-corrected chi connectivity index (χ4v) is 2.40. The Morgan fingerprint density at radius 2 is 1.75 bits per heavy atom. The van der Waals surface area contributed by atoms with Gasteiger partial charge in [0.25, 0.3) is 0 Å². The monoisotopic (exact) mass is 395 g/mol. The van der Waals surface area contributed by atoms with Gasteiger partial charge < -0.3 is 15.4 Å². The molecule has 2 N–H and O–H groups in total. The number of rotatable bonds is 5. The summed E-state index contributed by atoms with van der Waals surface area (Å²) in [7, 11) is 1.32. The van der Waals surface area contributed by atoms with Gasteiger partial charge in [-0.25, -0.2) is 4.39 Å². The number of benzene rings is 2. The first-order valence-electron chi connectivity index (χ1n) is 8.02. The molecule has 0 atom stereocenters. The number of nitrogens with one attached hydrogen (secondary N) is 2. The van der Waals surface area contributed by atoms with E-state index in [4.69, 9.17) is 10.00 Å². The maximum absolute atomic E-state index is 13.8. The van der Waals surface area contributed by atoms with Gasteiger partial charge in [-0.3, -0.25) is 4.79 Å². The summed E-state index contributed by atoms with van der Waals surface area (Å²) in [5.74, 6) is -1.25. The van der Waals surface area contributed by atoms with Crippen molar-refractivity contribution in [1.82, 2.24) is 0 Å². The minimum Gasteiger partial charge on any atom is -0.494 e. The third-order valence-corrected chi connectivity index (χ3v) is 3.88. The van der Waals surface area contributed by atoms with Gasteiger partial charge in [0.1, 0.15) is 5.54 Å². The molecule has 0 saturated heterocycles. The van der Waals surface area contributed by atoms with Crippen LogP contribution in [0.1, 0.15) is 25.0 Å². The smallest absolute Gasteiger partial charge is 0.417 e. The van der Waals surface area contributed by atoms with Crippen molar-refractivity contribution in [1.29, 1.82) is 5.26 Å². The van der Waals surface area contributed by atoms with E-state index >= 15 is 0 Å². The standard InChI is InChI=1S/C19H17F4N3O2/c1-18(2,26-13-6-7-16(28-3)15(20)9-13)17(27)25-12-5-4-11(10-24)14(8-12)19(21,22)23/h4-9,26H,1-3H3,(H,25,27). The summed E-state index contributed by atoms with van der Waals surface area (Å²) >= 11 is 0. The van der Waals surface area contributed by atoms with Crippen LogP contribution in [0.25, 0.3) is 0 Å². The van der Waals surface area contributed by atoms with Gasteiger partial charge in [0, 0.05) is 17.4 Å². The summed E-state index contributed by atoms with van der Waals surface area (Å²) < 4.78 is 57.8. The molecule has 0 bridgehead atoms. The minimum absolute atomic E-state index is 0.0325. The zero-order chi connectivity index (χ0) is 21.1. The van der Waals surface area contributed by atoms with Crippen molar-refractivity contribution in [2.24, 2.45) is 0 Å². The summed E-state index contributed by atoms with van der Waals surface area (Å²) in [4.78, 5) is 12.5. The molecule has 5 nitrogen and oxygen atoms in total. The molecule has 0 aliphatic rings. The Balaban J connectivity index is 2.21. The van der Waals surface area contributed by atoms with E-state index in [1.165, 1.54) is 45.2 Å². The van der Waals surface area contributed by atoms with Gasteiger partial charge in [-0.2, -0.15) is 18.4 Å². The Kier molecular flexibility index (Phi) is 5.83. The molecule has 1 amide bonds. The van der Waals surface area contributed by atoms with Crippen molar-refractivity contribution in [3.8, 4) is 11.8 Å². The Bertz CT molecular complexity index is 934. The molecule has 0 fully saturated rings. The van der Waals surface area contributed by atoms with E-state index in [0.29, 0.717) is 6.07 Å². The van der Waals surface area contributed by atoms with Crippen molar-refractivity contribution in [3.05, 3.63) is 53.3 Å². The number of carbonyl (C=O) groups excluding carboxylic acids is 1. The van der Waals surface area contributed by atoms with Gasteiger partial charge >= 0.3 is 6.18 Å². The van der Waals surface area contributed by atoms with E-state index < -0.39 is 34.6 Å². The number of halogens is 4. The van der Waals surface area contributed by atoms with Crippen LogP contribution in [-0.4, -0.2) is 18.6 Å². The predicted molar refractivity (Wildman–Crippen MR) is 95.4 cm³/mol. The van der Waals surface area contributed by atoms with Crippen LogP contribution in [0, 0.1) is 17.1 Å². The highest BCUT2D eigenvalue weighted by atomic mass is 19.4. The number of hydrogen-bond acceptors (Lipinski definition) is 4. The molecular formula is C19H17F4N3O2. The second kappa shape index (κ2) is 7.76. The molecule has 2 aromatic rings. The summed E-state index contributed by atoms with van der Waals surface area (Å²) in [6.45, 7) is 2.97. The Labute approximate surface area is 158 Å². The average molecular weight is 395 g/mol. The Morgan fingerprint density at radius 1 is 1.11 bits per heavy atom. The van der Waals surface area contributed by atoms with Crippen LogP contribution in [0.3, 0.4) is 0 Å². The zero-order valence-electron chi connectivity index (χ0n) is 15.2. The van der Waals surface area contributed by atoms with Crippen molar-refractivity contribution in [2.45, 2.75) is 25.6 Å². The van der Waals surface area contributed by atoms with E-state index in [1.807, 2.05) is 0 Å². The summed E-state index contributed by atoms with van der Waals surface area (Å²) in [5.41, 5.74) is -2.80. The second-order valence-electron chi connectivity index (χ2n) is 6.42. The molecule has 0 aromatic heterocycles. The van der Waals surface area contributed by atoms with Gasteiger partial charge in [-0.1, -0.05) is 0 Å². The van der Waals surface area contributed by atoms with Crippen molar-refractivity contribution < 1.29 is 27.1 Å². The van der Waals surface area contributed by atoms with Crippen LogP contribution < -0.4 is 15.4 Å². The topological polar surface area (TPSA) is 74.2 Å². The fraction of sp³-hybridized carbons (Fsp3) is 0.263. The normalized spacial score (nSPS) is 11.5. The van der Waals surface area contributed by atoms with E-state index in [0.717, 1.165) is 12.1 Å². The van der Waals surface area contributed by atoms with Crippen LogP contribution >= 0.6 is 0 Å². The quantitative estimate of drug-likeness (QED) is 0.729. The number of ether oxygens (including phenoxy) is 1. The molecular weight excluding hydrogens is 378 g/mol. The first-order chi connectivity index (χ1) is 13.0. The maximum Gasteiger partial charge on any atom is 0.417 e. The maximum atomic E-state index is 13.8. The number of carbonyl (C=O) groups is 1. The van der Waals surface area contributed by atoms with Gasteiger partial charge in [0.15, 0.2) is 11.6 Å². The van der Waals surface area contributed by atoms with Crippen LogP contribution in [-0.2, 0) is 11.0 Å². The van der Waals surface area contributed by atoms with Crippen LogP contribution in [0.4, 0.5) is 28.9 Å². The van der Waals surface area contributed by atoms with E-state index in [9.17, 15) is 22.4 Å². The zero-order valence-corrected chi connectivity index (χ0v) is 15.2. The highest BCUT2D eigenvalue weighted by Crippen LogP contribution is 2.33. The van der Waals surface area contributed by atoms with Gasteiger partial charge in [-0.15, -0.1) is 0 Å². The first kappa shape index (κ1) is 21.0. The molecule has 0 radical (unpaired) electrons. The van der Waals surface area contributed by atoms with E-state index in [-0.39, 0.29) is 17.1 Å². The largest absolute Gasteiger partial charge is 0.494 e. The summed E-state index contributed by atoms with van der Waals surface area (Å²) in [6.07, 6.45) is -4.74. The van der Waals surface area contributed by atoms with Crippen molar-refractivity contribution in [3.63, 3.8) is 0 Å². The molecule has 28 heavy (non-hydrogen) atoms. The van der Waals surface area contributed by atoms with Gasteiger partial charge in [0.05, 0.1) is 24.3 Å². The predicted octanol–water partition coefficient (Wildman–Crippen LogP) is 4.55. The highest BCUT2D eigenvalue weighted by Gasteiger charge is 2.34. The lowest BCUT2D eigenvalue weighted by Gasteiger charge is -2.26. The fourth-order valence-electron chi connectivity index (χ4n) is 2.40. The number of hydrogen-bond donors (Lipinski definition) is 2. The lowest BCUT2D eigenvalue weighted by Crippen LogP contribution is -2.44. The average Bonchev–Trinajstić information content (AvgIpc) is 2.60. The third-order valence-electron chi connectivity index (χ3n) is 3.88. The number of methoxy groups -OCH3 is 1. The number of amides is 1. The van der Waals surface area contributed by atoms with Gasteiger partial charge in [-0.05, 0) is 44.2 Å². The molecule has 2 rings (SSSR count). The molecule has 2 aromatic carbocycles. The first-order valence-corrected chi connectivity index (χ1v) is 8.02. The summed E-state index contributed by atoms with van der Waals surface area (Å²) in [6, 6.07) is 8.36. The Morgan fingerprint density at radius 3 is 2.29 bits per heavy atom. The molecule has 0 saturated carbocycles. The number of nitrogens with zero attached hydrogens (tertiary/aromatic N) is 1. The lowest BCUT2D eigenvalue weighted by molar-refractivity contribution is -0.137. The molecule has 0 aliphatic carbocycles. The van der Waals surface area contributed by atoms with E-state index in [2.05, 4.69) is 10.6 Å². The van der Waals surface area contributed by atoms with Crippen LogP contribution in [0.5, 0.6) is 5.75 Å². The van der Waals surface area contributed by atoms with Crippen LogP contribution in [0.2, 0.25) is 0 Å². The molecule has 0 heterocycles. The van der Waals surface area contributed by atoms with E-state index in [1.54, 1.807) is 0 Å². The molecule has 9 heteroatoms. The number of anilines is 2. The van der Waals surface area contributed by atoms with Crippen LogP contribution in [0.15, 0.2) is 36.4 Å². The van der Waals surface area contributed by atoms with Crippen molar-refractivity contribution >= 4 is 17.3 Å². The molecule has 148 valence electrons. The second-order valence-corrected chi connectivity index (χ2v) is 6.42. The van der Waals surface area contributed by atoms with Crippen molar-refractivity contribution in [2.75, 3.05) is 17.7 Å². The molecule has 0 aliphatic heterocycles. The molecule has 0 spiro atoms. The summed E-state index contributed by atoms with van der Waals surface area (Å²) in [5, 5.41) is 14.0. The third kappa shape index (κ3) is 4.71. The Hall–Kier alpha value is -3.28. The molecule has 0 unspecified atom stereocenters. The minimum atomic E-state index is -4.74. The highest BCUT2D eigenvalue weighted by molar-refractivity contribution is 5.99. The van der Waals surface area contributed by atoms with Gasteiger partial charge in [0.2, 0.25) is 5.91 Å². The number of alkyl halides is 3. The number of nitriles is 1. The SMILES string of the molecule is COc1ccc(NC(C)(C)C(=O)Nc2ccc(C#N)c(C(F)(F)F)c2)cc1F. The lowest BCUT2D eigenvalue weighted by atomic mass is 10.0.